The van der Waals surface area contributed by atoms with Crippen LogP contribution in [0.1, 0.15) is 43.0 Å². The molecule has 2 aromatic carbocycles. The number of carbonyl (C=O) groups is 2. The Kier molecular flexibility index (Phi) is 9.05. The number of hydrogen-bond donors (Lipinski definition) is 1. The summed E-state index contributed by atoms with van der Waals surface area (Å²) in [4.78, 5) is 30.4. The van der Waals surface area contributed by atoms with Gasteiger partial charge in [0.05, 0.1) is 31.4 Å². The van der Waals surface area contributed by atoms with Crippen LogP contribution in [0.4, 0.5) is 0 Å². The third-order valence-electron chi connectivity index (χ3n) is 6.72. The second kappa shape index (κ2) is 12.2. The van der Waals surface area contributed by atoms with Gasteiger partial charge < -0.3 is 19.5 Å². The molecule has 8 heteroatoms. The van der Waals surface area contributed by atoms with Gasteiger partial charge in [0.15, 0.2) is 0 Å². The molecule has 0 radical (unpaired) electrons. The van der Waals surface area contributed by atoms with E-state index < -0.39 is 17.7 Å². The van der Waals surface area contributed by atoms with Gasteiger partial charge in [-0.05, 0) is 60.7 Å². The highest BCUT2D eigenvalue weighted by Gasteiger charge is 2.45. The number of aliphatic hydroxyl groups is 1. The normalized spacial score (nSPS) is 20.1. The van der Waals surface area contributed by atoms with E-state index in [1.54, 1.807) is 23.1 Å². The van der Waals surface area contributed by atoms with Crippen molar-refractivity contribution in [3.8, 4) is 5.75 Å². The fraction of sp³-hybridized carbons (Fsp3) is 0.448. The number of aliphatic hydroxyl groups excluding tert-OH is 1. The first-order valence-corrected chi connectivity index (χ1v) is 13.6. The number of morpholine rings is 1. The minimum absolute atomic E-state index is 0.119. The lowest BCUT2D eigenvalue weighted by Crippen LogP contribution is -2.38. The predicted molar refractivity (Wildman–Crippen MR) is 147 cm³/mol. The fourth-order valence-corrected chi connectivity index (χ4v) is 5.03. The Labute approximate surface area is 227 Å². The summed E-state index contributed by atoms with van der Waals surface area (Å²) in [5.74, 6) is -0.281. The van der Waals surface area contributed by atoms with Crippen molar-refractivity contribution in [3.63, 3.8) is 0 Å². The van der Waals surface area contributed by atoms with E-state index >= 15 is 0 Å². The van der Waals surface area contributed by atoms with E-state index in [0.717, 1.165) is 47.4 Å². The maximum atomic E-state index is 13.3. The molecule has 2 saturated heterocycles. The van der Waals surface area contributed by atoms with Gasteiger partial charge in [-0.3, -0.25) is 14.5 Å². The van der Waals surface area contributed by atoms with Crippen molar-refractivity contribution in [2.24, 2.45) is 5.92 Å². The largest absolute Gasteiger partial charge is 0.507 e. The molecular formula is C29H35BrN2O5. The van der Waals surface area contributed by atoms with Crippen molar-refractivity contribution in [1.29, 1.82) is 0 Å². The molecule has 2 fully saturated rings. The highest BCUT2D eigenvalue weighted by molar-refractivity contribution is 9.10. The molecule has 7 nitrogen and oxygen atoms in total. The van der Waals surface area contributed by atoms with Gasteiger partial charge in [-0.2, -0.15) is 0 Å². The minimum Gasteiger partial charge on any atom is -0.507 e. The van der Waals surface area contributed by atoms with Crippen LogP contribution in [0.15, 0.2) is 52.5 Å². The van der Waals surface area contributed by atoms with E-state index in [0.29, 0.717) is 37.8 Å². The maximum Gasteiger partial charge on any atom is 0.295 e. The Morgan fingerprint density at radius 1 is 1.11 bits per heavy atom. The first-order valence-electron chi connectivity index (χ1n) is 12.8. The van der Waals surface area contributed by atoms with E-state index in [1.165, 1.54) is 0 Å². The summed E-state index contributed by atoms with van der Waals surface area (Å²) in [7, 11) is 0. The van der Waals surface area contributed by atoms with Gasteiger partial charge >= 0.3 is 0 Å². The van der Waals surface area contributed by atoms with Gasteiger partial charge in [0, 0.05) is 36.2 Å². The number of amides is 1. The molecule has 1 unspecified atom stereocenters. The first-order chi connectivity index (χ1) is 17.8. The topological polar surface area (TPSA) is 79.3 Å². The lowest BCUT2D eigenvalue weighted by atomic mass is 9.94. The Morgan fingerprint density at radius 2 is 1.81 bits per heavy atom. The number of rotatable bonds is 9. The van der Waals surface area contributed by atoms with E-state index in [1.807, 2.05) is 31.2 Å². The van der Waals surface area contributed by atoms with E-state index in [-0.39, 0.29) is 11.3 Å². The third kappa shape index (κ3) is 6.43. The van der Waals surface area contributed by atoms with Crippen LogP contribution in [0.25, 0.3) is 5.76 Å². The molecule has 0 aromatic heterocycles. The summed E-state index contributed by atoms with van der Waals surface area (Å²) in [6.45, 7) is 11.0. The van der Waals surface area contributed by atoms with Crippen LogP contribution in [0, 0.1) is 12.8 Å². The Balaban J connectivity index is 1.65. The lowest BCUT2D eigenvalue weighted by Gasteiger charge is -2.29. The molecule has 37 heavy (non-hydrogen) atoms. The maximum absolute atomic E-state index is 13.3. The zero-order valence-corrected chi connectivity index (χ0v) is 23.3. The molecule has 1 N–H and O–H groups in total. The number of ether oxygens (including phenoxy) is 2. The molecule has 2 aromatic rings. The molecule has 2 aliphatic rings. The summed E-state index contributed by atoms with van der Waals surface area (Å²) in [6, 6.07) is 12.2. The van der Waals surface area contributed by atoms with Crippen LogP contribution in [-0.2, 0) is 14.3 Å². The molecule has 2 aliphatic heterocycles. The quantitative estimate of drug-likeness (QED) is 0.261. The molecule has 0 bridgehead atoms. The van der Waals surface area contributed by atoms with Crippen molar-refractivity contribution < 1.29 is 24.2 Å². The highest BCUT2D eigenvalue weighted by Crippen LogP contribution is 2.40. The van der Waals surface area contributed by atoms with Crippen LogP contribution < -0.4 is 4.74 Å². The van der Waals surface area contributed by atoms with Crippen LogP contribution in [-0.4, -0.2) is 72.6 Å². The van der Waals surface area contributed by atoms with Gasteiger partial charge in [0.25, 0.3) is 11.7 Å². The number of likely N-dealkylation sites (tertiary alicyclic amines) is 1. The number of nitrogens with zero attached hydrogens (tertiary/aromatic N) is 2. The highest BCUT2D eigenvalue weighted by atomic mass is 79.9. The Morgan fingerprint density at radius 3 is 2.46 bits per heavy atom. The van der Waals surface area contributed by atoms with Gasteiger partial charge in [-0.1, -0.05) is 41.9 Å². The number of aryl methyl sites for hydroxylation is 1. The Hall–Kier alpha value is -2.68. The number of benzene rings is 2. The Bertz CT molecular complexity index is 1160. The molecule has 0 aliphatic carbocycles. The molecule has 4 rings (SSSR count). The number of carbonyl (C=O) groups excluding carboxylic acids is 2. The van der Waals surface area contributed by atoms with Crippen molar-refractivity contribution in [2.75, 3.05) is 46.0 Å². The standard InChI is InChI=1S/C29H35BrN2O5/c1-19(2)18-37-24-10-7-22(17-20(24)3)27(33)25-26(21-5-8-23(30)9-6-21)32(29(35)28(25)34)12-4-11-31-13-15-36-16-14-31/h5-10,17,19,26,33H,4,11-16,18H2,1-3H3. The monoisotopic (exact) mass is 570 g/mol. The van der Waals surface area contributed by atoms with Crippen LogP contribution >= 0.6 is 15.9 Å². The summed E-state index contributed by atoms with van der Waals surface area (Å²) in [5.41, 5.74) is 2.24. The molecular weight excluding hydrogens is 536 g/mol. The van der Waals surface area contributed by atoms with Crippen LogP contribution in [0.5, 0.6) is 5.75 Å². The van der Waals surface area contributed by atoms with Crippen molar-refractivity contribution >= 4 is 33.4 Å². The van der Waals surface area contributed by atoms with Gasteiger partial charge in [0.2, 0.25) is 0 Å². The average molecular weight is 572 g/mol. The molecule has 0 saturated carbocycles. The van der Waals surface area contributed by atoms with E-state index in [2.05, 4.69) is 34.7 Å². The second-order valence-corrected chi connectivity index (χ2v) is 11.0. The third-order valence-corrected chi connectivity index (χ3v) is 7.25. The molecule has 2 heterocycles. The predicted octanol–water partition coefficient (Wildman–Crippen LogP) is 4.94. The van der Waals surface area contributed by atoms with Gasteiger partial charge in [-0.15, -0.1) is 0 Å². The summed E-state index contributed by atoms with van der Waals surface area (Å²) < 4.78 is 12.2. The fourth-order valence-electron chi connectivity index (χ4n) is 4.76. The zero-order valence-electron chi connectivity index (χ0n) is 21.7. The van der Waals surface area contributed by atoms with Gasteiger partial charge in [-0.25, -0.2) is 0 Å². The van der Waals surface area contributed by atoms with Crippen molar-refractivity contribution in [3.05, 3.63) is 69.2 Å². The number of Topliss-reactive ketones (excluding diaryl/α,β-unsaturated/α-hetero) is 1. The smallest absolute Gasteiger partial charge is 0.295 e. The minimum atomic E-state index is -0.658. The molecule has 1 amide bonds. The van der Waals surface area contributed by atoms with Crippen molar-refractivity contribution in [1.82, 2.24) is 9.80 Å². The lowest BCUT2D eigenvalue weighted by molar-refractivity contribution is -0.140. The summed E-state index contributed by atoms with van der Waals surface area (Å²) >= 11 is 3.46. The first kappa shape index (κ1) is 27.4. The van der Waals surface area contributed by atoms with E-state index in [9.17, 15) is 14.7 Å². The zero-order chi connectivity index (χ0) is 26.5. The summed E-state index contributed by atoms with van der Waals surface area (Å²) in [5, 5.41) is 11.4. The van der Waals surface area contributed by atoms with E-state index in [4.69, 9.17) is 9.47 Å². The number of halogens is 1. The average Bonchev–Trinajstić information content (AvgIpc) is 3.13. The molecule has 1 atom stereocenters. The van der Waals surface area contributed by atoms with Crippen molar-refractivity contribution in [2.45, 2.75) is 33.2 Å². The SMILES string of the molecule is Cc1cc(C(O)=C2C(=O)C(=O)N(CCCN3CCOCC3)C2c2ccc(Br)cc2)ccc1OCC(C)C. The van der Waals surface area contributed by atoms with Gasteiger partial charge in [0.1, 0.15) is 11.5 Å². The summed E-state index contributed by atoms with van der Waals surface area (Å²) in [6.07, 6.45) is 0.723. The number of ketones is 1. The number of hydrogen-bond acceptors (Lipinski definition) is 6. The second-order valence-electron chi connectivity index (χ2n) is 10.0. The van der Waals surface area contributed by atoms with Crippen LogP contribution in [0.2, 0.25) is 0 Å². The van der Waals surface area contributed by atoms with Crippen LogP contribution in [0.3, 0.4) is 0 Å². The molecule has 0 spiro atoms. The molecule has 198 valence electrons.